The molecule has 1 N–H and O–H groups in total. The average molecular weight is 432 g/mol. The van der Waals surface area contributed by atoms with Gasteiger partial charge in [-0.3, -0.25) is 0 Å². The molecule has 5 heteroatoms. The van der Waals surface area contributed by atoms with E-state index in [1.54, 1.807) is 17.4 Å². The second-order valence-corrected chi connectivity index (χ2v) is 6.91. The van der Waals surface area contributed by atoms with Crippen LogP contribution in [0.15, 0.2) is 40.9 Å². The largest absolute Gasteiger partial charge is 0.507 e. The highest BCUT2D eigenvalue weighted by atomic mass is 127. The summed E-state index contributed by atoms with van der Waals surface area (Å²) < 4.78 is 3.02. The van der Waals surface area contributed by atoms with Gasteiger partial charge in [-0.05, 0) is 52.9 Å². The van der Waals surface area contributed by atoms with Gasteiger partial charge in [-0.2, -0.15) is 0 Å². The molecule has 1 heterocycles. The van der Waals surface area contributed by atoms with Crippen molar-refractivity contribution in [2.75, 3.05) is 0 Å². The molecule has 3 aromatic rings. The van der Waals surface area contributed by atoms with Crippen molar-refractivity contribution >= 4 is 60.1 Å². The molecule has 0 saturated carbocycles. The molecular formula is C13H7BrINOS. The Balaban J connectivity index is 2.16. The number of rotatable bonds is 1. The molecular weight excluding hydrogens is 425 g/mol. The molecule has 18 heavy (non-hydrogen) atoms. The van der Waals surface area contributed by atoms with Gasteiger partial charge in [-0.15, -0.1) is 11.3 Å². The Morgan fingerprint density at radius 1 is 1.17 bits per heavy atom. The highest BCUT2D eigenvalue weighted by Gasteiger charge is 2.08. The quantitative estimate of drug-likeness (QED) is 0.547. The maximum atomic E-state index is 9.74. The van der Waals surface area contributed by atoms with E-state index in [0.717, 1.165) is 28.8 Å². The van der Waals surface area contributed by atoms with E-state index < -0.39 is 0 Å². The number of aromatic hydroxyl groups is 1. The van der Waals surface area contributed by atoms with E-state index >= 15 is 0 Å². The fourth-order valence-electron chi connectivity index (χ4n) is 1.67. The lowest BCUT2D eigenvalue weighted by molar-refractivity contribution is 0.472. The molecule has 0 unspecified atom stereocenters. The van der Waals surface area contributed by atoms with Gasteiger partial charge in [0, 0.05) is 10.0 Å². The SMILES string of the molecule is Oc1cc(-c2nc3cc(Br)ccc3s2)ccc1I. The zero-order chi connectivity index (χ0) is 12.7. The zero-order valence-electron chi connectivity index (χ0n) is 9.02. The summed E-state index contributed by atoms with van der Waals surface area (Å²) in [5.74, 6) is 0.300. The minimum Gasteiger partial charge on any atom is -0.507 e. The lowest BCUT2D eigenvalue weighted by atomic mass is 10.2. The summed E-state index contributed by atoms with van der Waals surface area (Å²) in [6, 6.07) is 11.7. The van der Waals surface area contributed by atoms with Gasteiger partial charge >= 0.3 is 0 Å². The zero-order valence-corrected chi connectivity index (χ0v) is 13.6. The summed E-state index contributed by atoms with van der Waals surface area (Å²) in [6.07, 6.45) is 0. The molecule has 0 atom stereocenters. The monoisotopic (exact) mass is 431 g/mol. The number of fused-ring (bicyclic) bond motifs is 1. The summed E-state index contributed by atoms with van der Waals surface area (Å²) in [4.78, 5) is 4.59. The molecule has 90 valence electrons. The Bertz CT molecular complexity index is 741. The summed E-state index contributed by atoms with van der Waals surface area (Å²) in [6.45, 7) is 0. The van der Waals surface area contributed by atoms with Crippen molar-refractivity contribution in [3.05, 3.63) is 44.4 Å². The molecule has 0 aliphatic carbocycles. The Morgan fingerprint density at radius 3 is 2.78 bits per heavy atom. The van der Waals surface area contributed by atoms with Crippen LogP contribution in [0.4, 0.5) is 0 Å². The van der Waals surface area contributed by atoms with Crippen LogP contribution in [0.2, 0.25) is 0 Å². The van der Waals surface area contributed by atoms with Gasteiger partial charge in [0.2, 0.25) is 0 Å². The summed E-state index contributed by atoms with van der Waals surface area (Å²) in [5, 5.41) is 10.7. The topological polar surface area (TPSA) is 33.1 Å². The number of hydrogen-bond donors (Lipinski definition) is 1. The number of benzene rings is 2. The summed E-state index contributed by atoms with van der Waals surface area (Å²) in [7, 11) is 0. The van der Waals surface area contributed by atoms with Crippen LogP contribution >= 0.6 is 49.9 Å². The minimum atomic E-state index is 0.300. The molecule has 0 spiro atoms. The first kappa shape index (κ1) is 12.4. The van der Waals surface area contributed by atoms with Crippen LogP contribution in [-0.2, 0) is 0 Å². The van der Waals surface area contributed by atoms with Crippen LogP contribution in [0.3, 0.4) is 0 Å². The third-order valence-corrected chi connectivity index (χ3v) is 5.03. The van der Waals surface area contributed by atoms with Crippen LogP contribution in [0, 0.1) is 3.57 Å². The van der Waals surface area contributed by atoms with E-state index in [1.807, 2.05) is 30.3 Å². The van der Waals surface area contributed by atoms with E-state index in [4.69, 9.17) is 0 Å². The number of aromatic nitrogens is 1. The van der Waals surface area contributed by atoms with Crippen molar-refractivity contribution in [3.8, 4) is 16.3 Å². The molecule has 0 amide bonds. The summed E-state index contributed by atoms with van der Waals surface area (Å²) in [5.41, 5.74) is 1.92. The predicted octanol–water partition coefficient (Wildman–Crippen LogP) is 5.04. The van der Waals surface area contributed by atoms with Crippen LogP contribution in [0.1, 0.15) is 0 Å². The second-order valence-electron chi connectivity index (χ2n) is 3.80. The Hall–Kier alpha value is -0.660. The number of phenols is 1. The fourth-order valence-corrected chi connectivity index (χ4v) is 3.30. The van der Waals surface area contributed by atoms with Crippen LogP contribution in [0.25, 0.3) is 20.8 Å². The Morgan fingerprint density at radius 2 is 2.00 bits per heavy atom. The molecule has 3 rings (SSSR count). The molecule has 0 bridgehead atoms. The highest BCUT2D eigenvalue weighted by molar-refractivity contribution is 14.1. The number of hydrogen-bond acceptors (Lipinski definition) is 3. The van der Waals surface area contributed by atoms with E-state index in [-0.39, 0.29) is 0 Å². The van der Waals surface area contributed by atoms with Crippen LogP contribution in [0.5, 0.6) is 5.75 Å². The third-order valence-electron chi connectivity index (χ3n) is 2.54. The lowest BCUT2D eigenvalue weighted by Gasteiger charge is -1.99. The van der Waals surface area contributed by atoms with E-state index in [2.05, 4.69) is 43.5 Å². The fraction of sp³-hybridized carbons (Fsp3) is 0. The normalized spacial score (nSPS) is 11.0. The standard InChI is InChI=1S/C13H7BrINOS/c14-8-2-4-12-10(6-8)16-13(18-12)7-1-3-9(15)11(17)5-7/h1-6,17H. The highest BCUT2D eigenvalue weighted by Crippen LogP contribution is 2.34. The number of thiazole rings is 1. The maximum absolute atomic E-state index is 9.74. The van der Waals surface area contributed by atoms with Crippen molar-refractivity contribution in [2.24, 2.45) is 0 Å². The van der Waals surface area contributed by atoms with E-state index in [9.17, 15) is 5.11 Å². The molecule has 0 aliphatic heterocycles. The molecule has 2 aromatic carbocycles. The smallest absolute Gasteiger partial charge is 0.129 e. The van der Waals surface area contributed by atoms with Gasteiger partial charge in [-0.1, -0.05) is 22.0 Å². The molecule has 1 aromatic heterocycles. The third kappa shape index (κ3) is 2.26. The maximum Gasteiger partial charge on any atom is 0.129 e. The average Bonchev–Trinajstić information content (AvgIpc) is 2.75. The van der Waals surface area contributed by atoms with Crippen LogP contribution < -0.4 is 0 Å². The van der Waals surface area contributed by atoms with E-state index in [0.29, 0.717) is 5.75 Å². The van der Waals surface area contributed by atoms with Crippen LogP contribution in [-0.4, -0.2) is 10.1 Å². The van der Waals surface area contributed by atoms with Crippen molar-refractivity contribution < 1.29 is 5.11 Å². The van der Waals surface area contributed by atoms with Gasteiger partial charge < -0.3 is 5.11 Å². The number of halogens is 2. The van der Waals surface area contributed by atoms with Crippen molar-refractivity contribution in [2.45, 2.75) is 0 Å². The number of phenolic OH excluding ortho intramolecular Hbond substituents is 1. The molecule has 0 aliphatic rings. The van der Waals surface area contributed by atoms with Crippen molar-refractivity contribution in [3.63, 3.8) is 0 Å². The second kappa shape index (κ2) is 4.79. The van der Waals surface area contributed by atoms with Gasteiger partial charge in [0.05, 0.1) is 13.8 Å². The first-order valence-corrected chi connectivity index (χ1v) is 7.87. The summed E-state index contributed by atoms with van der Waals surface area (Å²) >= 11 is 7.18. The Kier molecular flexibility index (Phi) is 3.29. The van der Waals surface area contributed by atoms with Crippen molar-refractivity contribution in [1.82, 2.24) is 4.98 Å². The molecule has 0 saturated heterocycles. The minimum absolute atomic E-state index is 0.300. The molecule has 0 fully saturated rings. The van der Waals surface area contributed by atoms with Gasteiger partial charge in [0.1, 0.15) is 10.8 Å². The predicted molar refractivity (Wildman–Crippen MR) is 87.1 cm³/mol. The van der Waals surface area contributed by atoms with E-state index in [1.165, 1.54) is 0 Å². The first-order chi connectivity index (χ1) is 8.63. The first-order valence-electron chi connectivity index (χ1n) is 5.18. The van der Waals surface area contributed by atoms with Crippen molar-refractivity contribution in [1.29, 1.82) is 0 Å². The Labute approximate surface area is 130 Å². The molecule has 0 radical (unpaired) electrons. The number of nitrogens with zero attached hydrogens (tertiary/aromatic N) is 1. The molecule has 2 nitrogen and oxygen atoms in total. The van der Waals surface area contributed by atoms with Gasteiger partial charge in [-0.25, -0.2) is 4.98 Å². The van der Waals surface area contributed by atoms with Gasteiger partial charge in [0.25, 0.3) is 0 Å². The van der Waals surface area contributed by atoms with Gasteiger partial charge in [0.15, 0.2) is 0 Å². The lowest BCUT2D eigenvalue weighted by Crippen LogP contribution is -1.78.